The van der Waals surface area contributed by atoms with Crippen molar-refractivity contribution in [1.29, 1.82) is 0 Å². The molecule has 0 unspecified atom stereocenters. The minimum absolute atomic E-state index is 0.229. The molecular weight excluding hydrogens is 392 g/mol. The van der Waals surface area contributed by atoms with E-state index in [1.807, 2.05) is 10.7 Å². The smallest absolute Gasteiger partial charge is 0.187 e. The van der Waals surface area contributed by atoms with Crippen LogP contribution in [0.3, 0.4) is 0 Å². The van der Waals surface area contributed by atoms with Crippen LogP contribution in [0.15, 0.2) is 48.0 Å². The van der Waals surface area contributed by atoms with Gasteiger partial charge in [-0.3, -0.25) is 9.38 Å². The van der Waals surface area contributed by atoms with Gasteiger partial charge in [-0.05, 0) is 49.6 Å². The number of benzene rings is 1. The van der Waals surface area contributed by atoms with Gasteiger partial charge in [0.05, 0.1) is 17.1 Å². The summed E-state index contributed by atoms with van der Waals surface area (Å²) in [4.78, 5) is 18.1. The van der Waals surface area contributed by atoms with Crippen molar-refractivity contribution in [1.82, 2.24) is 24.3 Å². The van der Waals surface area contributed by atoms with Crippen molar-refractivity contribution >= 4 is 17.4 Å². The maximum atomic E-state index is 14.7. The van der Waals surface area contributed by atoms with Gasteiger partial charge < -0.3 is 0 Å². The number of fused-ring (bicyclic) bond motifs is 1. The number of hydrogen-bond acceptors (Lipinski definition) is 5. The third kappa shape index (κ3) is 3.37. The Morgan fingerprint density at radius 1 is 1.10 bits per heavy atom. The quantitative estimate of drug-likeness (QED) is 0.350. The molecule has 3 aromatic heterocycles. The highest BCUT2D eigenvalue weighted by molar-refractivity contribution is 7.98. The first-order valence-corrected chi connectivity index (χ1v) is 10.6. The van der Waals surface area contributed by atoms with Gasteiger partial charge in [0.25, 0.3) is 0 Å². The molecule has 1 aromatic carbocycles. The van der Waals surface area contributed by atoms with Crippen LogP contribution in [0.2, 0.25) is 0 Å². The number of nitrogens with zero attached hydrogens (tertiary/aromatic N) is 5. The van der Waals surface area contributed by atoms with Gasteiger partial charge in [-0.25, -0.2) is 23.7 Å². The van der Waals surface area contributed by atoms with Gasteiger partial charge in [-0.1, -0.05) is 11.8 Å². The Morgan fingerprint density at radius 3 is 2.72 bits per heavy atom. The van der Waals surface area contributed by atoms with Crippen LogP contribution in [0.1, 0.15) is 18.5 Å². The van der Waals surface area contributed by atoms with Gasteiger partial charge in [-0.15, -0.1) is 0 Å². The molecule has 0 spiro atoms. The van der Waals surface area contributed by atoms with Gasteiger partial charge in [0, 0.05) is 30.2 Å². The number of aromatic nitrogens is 5. The first-order chi connectivity index (χ1) is 14.1. The summed E-state index contributed by atoms with van der Waals surface area (Å²) in [5, 5.41) is 0.607. The van der Waals surface area contributed by atoms with Gasteiger partial charge in [0.15, 0.2) is 10.8 Å². The molecule has 1 fully saturated rings. The van der Waals surface area contributed by atoms with Gasteiger partial charge in [0.1, 0.15) is 17.3 Å². The number of halogens is 2. The summed E-state index contributed by atoms with van der Waals surface area (Å²) in [5.41, 5.74) is 3.47. The first-order valence-electron chi connectivity index (χ1n) is 9.33. The maximum Gasteiger partial charge on any atom is 0.187 e. The first kappa shape index (κ1) is 18.2. The van der Waals surface area contributed by atoms with E-state index in [-0.39, 0.29) is 5.56 Å². The fourth-order valence-corrected chi connectivity index (χ4v) is 3.81. The molecule has 1 aliphatic carbocycles. The van der Waals surface area contributed by atoms with Crippen molar-refractivity contribution in [2.75, 3.05) is 6.26 Å². The van der Waals surface area contributed by atoms with Crippen LogP contribution in [0.25, 0.3) is 28.3 Å². The van der Waals surface area contributed by atoms with Crippen LogP contribution >= 0.6 is 11.8 Å². The Morgan fingerprint density at radius 2 is 1.97 bits per heavy atom. The standard InChI is InChI=1S/C21H17F2N5S/c1-29-21-25-7-6-16(26-21)19-18(14-5-4-13(22)11-15(14)23)27-20-17(10-12-2-3-12)24-8-9-28(19)20/h4-9,11-12H,2-3,10H2,1H3. The van der Waals surface area contributed by atoms with Crippen LogP contribution in [0.4, 0.5) is 8.78 Å². The van der Waals surface area contributed by atoms with E-state index in [1.165, 1.54) is 36.7 Å². The largest absolute Gasteiger partial charge is 0.295 e. The zero-order valence-corrected chi connectivity index (χ0v) is 16.5. The molecular formula is C21H17F2N5S. The van der Waals surface area contributed by atoms with E-state index in [4.69, 9.17) is 4.98 Å². The molecule has 0 atom stereocenters. The molecule has 146 valence electrons. The molecule has 8 heteroatoms. The summed E-state index contributed by atoms with van der Waals surface area (Å²) in [7, 11) is 0. The second-order valence-corrected chi connectivity index (χ2v) is 7.85. The SMILES string of the molecule is CSc1nccc(-c2c(-c3ccc(F)cc3F)nc3c(CC4CC4)nccn23)n1. The lowest BCUT2D eigenvalue weighted by Crippen LogP contribution is -1.99. The van der Waals surface area contributed by atoms with E-state index in [9.17, 15) is 8.78 Å². The van der Waals surface area contributed by atoms with E-state index < -0.39 is 11.6 Å². The van der Waals surface area contributed by atoms with Crippen LogP contribution in [-0.2, 0) is 6.42 Å². The average molecular weight is 409 g/mol. The third-order valence-corrected chi connectivity index (χ3v) is 5.60. The Bertz CT molecular complexity index is 1220. The van der Waals surface area contributed by atoms with Gasteiger partial charge in [0.2, 0.25) is 0 Å². The van der Waals surface area contributed by atoms with E-state index in [0.29, 0.717) is 33.8 Å². The molecule has 5 rings (SSSR count). The van der Waals surface area contributed by atoms with Crippen molar-refractivity contribution < 1.29 is 8.78 Å². The van der Waals surface area contributed by atoms with Crippen molar-refractivity contribution in [3.63, 3.8) is 0 Å². The molecule has 1 aliphatic rings. The summed E-state index contributed by atoms with van der Waals surface area (Å²) < 4.78 is 30.1. The van der Waals surface area contributed by atoms with Gasteiger partial charge >= 0.3 is 0 Å². The van der Waals surface area contributed by atoms with Crippen LogP contribution in [0, 0.1) is 17.6 Å². The molecule has 0 N–H and O–H groups in total. The molecule has 5 nitrogen and oxygen atoms in total. The van der Waals surface area contributed by atoms with Crippen molar-refractivity contribution in [3.05, 3.63) is 60.2 Å². The molecule has 0 aliphatic heterocycles. The molecule has 0 bridgehead atoms. The van der Waals surface area contributed by atoms with E-state index in [2.05, 4.69) is 15.0 Å². The minimum atomic E-state index is -0.662. The Kier molecular flexibility index (Phi) is 4.50. The normalized spacial score (nSPS) is 13.9. The summed E-state index contributed by atoms with van der Waals surface area (Å²) in [6.45, 7) is 0. The number of hydrogen-bond donors (Lipinski definition) is 0. The van der Waals surface area contributed by atoms with E-state index >= 15 is 0 Å². The lowest BCUT2D eigenvalue weighted by Gasteiger charge is -2.07. The lowest BCUT2D eigenvalue weighted by atomic mass is 10.1. The highest BCUT2D eigenvalue weighted by Gasteiger charge is 2.26. The number of thioether (sulfide) groups is 1. The van der Waals surface area contributed by atoms with Crippen molar-refractivity contribution in [3.8, 4) is 22.6 Å². The lowest BCUT2D eigenvalue weighted by molar-refractivity contribution is 0.585. The monoisotopic (exact) mass is 409 g/mol. The second kappa shape index (κ2) is 7.18. The summed E-state index contributed by atoms with van der Waals surface area (Å²) in [6.07, 6.45) is 10.3. The number of rotatable bonds is 5. The highest BCUT2D eigenvalue weighted by atomic mass is 32.2. The van der Waals surface area contributed by atoms with E-state index in [0.717, 1.165) is 18.2 Å². The van der Waals surface area contributed by atoms with Crippen LogP contribution < -0.4 is 0 Å². The summed E-state index contributed by atoms with van der Waals surface area (Å²) in [5.74, 6) is -0.660. The van der Waals surface area contributed by atoms with Crippen LogP contribution in [-0.4, -0.2) is 30.6 Å². The zero-order chi connectivity index (χ0) is 20.0. The molecule has 1 saturated carbocycles. The summed E-state index contributed by atoms with van der Waals surface area (Å²) in [6, 6.07) is 5.30. The molecule has 4 aromatic rings. The average Bonchev–Trinajstić information content (AvgIpc) is 3.45. The number of imidazole rings is 1. The molecule has 0 radical (unpaired) electrons. The highest BCUT2D eigenvalue weighted by Crippen LogP contribution is 2.37. The van der Waals surface area contributed by atoms with Crippen LogP contribution in [0.5, 0.6) is 0 Å². The van der Waals surface area contributed by atoms with E-state index in [1.54, 1.807) is 24.7 Å². The predicted octanol–water partition coefficient (Wildman–Crippen LogP) is 4.81. The topological polar surface area (TPSA) is 56.0 Å². The molecule has 0 amide bonds. The summed E-state index contributed by atoms with van der Waals surface area (Å²) >= 11 is 1.42. The fraction of sp³-hybridized carbons (Fsp3) is 0.238. The maximum absolute atomic E-state index is 14.7. The van der Waals surface area contributed by atoms with Crippen molar-refractivity contribution in [2.24, 2.45) is 5.92 Å². The Hall–Kier alpha value is -2.87. The zero-order valence-electron chi connectivity index (χ0n) is 15.6. The minimum Gasteiger partial charge on any atom is -0.295 e. The molecule has 29 heavy (non-hydrogen) atoms. The Labute approximate surface area is 170 Å². The van der Waals surface area contributed by atoms with Crippen molar-refractivity contribution in [2.45, 2.75) is 24.4 Å². The van der Waals surface area contributed by atoms with Gasteiger partial charge in [-0.2, -0.15) is 0 Å². The second-order valence-electron chi connectivity index (χ2n) is 7.08. The Balaban J connectivity index is 1.79. The third-order valence-electron chi connectivity index (χ3n) is 5.04. The molecule has 3 heterocycles. The predicted molar refractivity (Wildman–Crippen MR) is 108 cm³/mol. The fourth-order valence-electron chi connectivity index (χ4n) is 3.45. The molecule has 0 saturated heterocycles.